The maximum atomic E-state index is 11.6. The number of ketones is 1. The molecular formula is C17H20N2O3. The number of esters is 1. The molecule has 5 heteroatoms. The van der Waals surface area contributed by atoms with E-state index in [9.17, 15) is 9.59 Å². The normalized spacial score (nSPS) is 10.5. The molecule has 0 aliphatic rings. The molecule has 0 atom stereocenters. The Kier molecular flexibility index (Phi) is 5.09. The SMILES string of the molecule is CCC(=O)CCc1c(C)nn(-c2ccccc2)c1OC(C)=O. The molecule has 116 valence electrons. The summed E-state index contributed by atoms with van der Waals surface area (Å²) >= 11 is 0. The van der Waals surface area contributed by atoms with Crippen LogP contribution in [-0.4, -0.2) is 21.5 Å². The molecule has 0 fully saturated rings. The Morgan fingerprint density at radius 2 is 1.91 bits per heavy atom. The average Bonchev–Trinajstić information content (AvgIpc) is 2.81. The zero-order chi connectivity index (χ0) is 16.1. The summed E-state index contributed by atoms with van der Waals surface area (Å²) in [5.41, 5.74) is 2.39. The van der Waals surface area contributed by atoms with E-state index in [0.717, 1.165) is 16.9 Å². The van der Waals surface area contributed by atoms with Gasteiger partial charge in [0.2, 0.25) is 5.88 Å². The first-order valence-electron chi connectivity index (χ1n) is 7.37. The van der Waals surface area contributed by atoms with Gasteiger partial charge >= 0.3 is 5.97 Å². The molecule has 0 aliphatic heterocycles. The summed E-state index contributed by atoms with van der Waals surface area (Å²) in [6.07, 6.45) is 1.45. The van der Waals surface area contributed by atoms with E-state index in [2.05, 4.69) is 5.10 Å². The second kappa shape index (κ2) is 7.02. The van der Waals surface area contributed by atoms with Crippen molar-refractivity contribution >= 4 is 11.8 Å². The van der Waals surface area contributed by atoms with Crippen LogP contribution in [0.3, 0.4) is 0 Å². The van der Waals surface area contributed by atoms with Crippen LogP contribution in [0.4, 0.5) is 0 Å². The largest absolute Gasteiger partial charge is 0.407 e. The molecule has 22 heavy (non-hydrogen) atoms. The lowest BCUT2D eigenvalue weighted by atomic mass is 10.1. The lowest BCUT2D eigenvalue weighted by molar-refractivity contribution is -0.132. The molecular weight excluding hydrogens is 280 g/mol. The van der Waals surface area contributed by atoms with Crippen LogP contribution in [0, 0.1) is 6.92 Å². The maximum absolute atomic E-state index is 11.6. The molecule has 1 heterocycles. The average molecular weight is 300 g/mol. The minimum Gasteiger partial charge on any atom is -0.407 e. The lowest BCUT2D eigenvalue weighted by Crippen LogP contribution is -2.09. The summed E-state index contributed by atoms with van der Waals surface area (Å²) in [4.78, 5) is 23.0. The second-order valence-electron chi connectivity index (χ2n) is 5.10. The van der Waals surface area contributed by atoms with Gasteiger partial charge in [0.1, 0.15) is 5.78 Å². The van der Waals surface area contributed by atoms with Gasteiger partial charge in [-0.1, -0.05) is 25.1 Å². The van der Waals surface area contributed by atoms with Crippen molar-refractivity contribution in [3.8, 4) is 11.6 Å². The Labute approximate surface area is 129 Å². The fourth-order valence-electron chi connectivity index (χ4n) is 2.25. The van der Waals surface area contributed by atoms with E-state index in [1.165, 1.54) is 6.92 Å². The zero-order valence-corrected chi connectivity index (χ0v) is 13.1. The highest BCUT2D eigenvalue weighted by Gasteiger charge is 2.20. The molecule has 0 unspecified atom stereocenters. The number of aryl methyl sites for hydroxylation is 1. The first-order chi connectivity index (χ1) is 10.5. The van der Waals surface area contributed by atoms with E-state index in [0.29, 0.717) is 25.1 Å². The van der Waals surface area contributed by atoms with Gasteiger partial charge in [0, 0.05) is 25.3 Å². The molecule has 1 aromatic carbocycles. The topological polar surface area (TPSA) is 61.2 Å². The van der Waals surface area contributed by atoms with E-state index in [1.807, 2.05) is 44.2 Å². The number of benzene rings is 1. The Morgan fingerprint density at radius 1 is 1.23 bits per heavy atom. The molecule has 0 amide bonds. The molecule has 0 bridgehead atoms. The van der Waals surface area contributed by atoms with Gasteiger partial charge < -0.3 is 4.74 Å². The van der Waals surface area contributed by atoms with Crippen LogP contribution >= 0.6 is 0 Å². The van der Waals surface area contributed by atoms with Crippen molar-refractivity contribution < 1.29 is 14.3 Å². The van der Waals surface area contributed by atoms with Gasteiger partial charge in [0.25, 0.3) is 0 Å². The Balaban J connectivity index is 2.42. The summed E-state index contributed by atoms with van der Waals surface area (Å²) in [5.74, 6) is 0.181. The van der Waals surface area contributed by atoms with Crippen molar-refractivity contribution in [3.05, 3.63) is 41.6 Å². The van der Waals surface area contributed by atoms with Gasteiger partial charge in [-0.3, -0.25) is 9.59 Å². The van der Waals surface area contributed by atoms with Gasteiger partial charge in [-0.05, 0) is 25.5 Å². The predicted octanol–water partition coefficient (Wildman–Crippen LogP) is 3.02. The van der Waals surface area contributed by atoms with E-state index >= 15 is 0 Å². The molecule has 0 saturated heterocycles. The molecule has 0 N–H and O–H groups in total. The first kappa shape index (κ1) is 15.9. The van der Waals surface area contributed by atoms with Gasteiger partial charge in [-0.15, -0.1) is 0 Å². The van der Waals surface area contributed by atoms with Gasteiger partial charge in [-0.25, -0.2) is 4.68 Å². The number of rotatable bonds is 6. The van der Waals surface area contributed by atoms with Crippen molar-refractivity contribution in [2.45, 2.75) is 40.0 Å². The lowest BCUT2D eigenvalue weighted by Gasteiger charge is -2.08. The Hall–Kier alpha value is -2.43. The number of ether oxygens (including phenoxy) is 1. The van der Waals surface area contributed by atoms with Crippen LogP contribution in [0.15, 0.2) is 30.3 Å². The van der Waals surface area contributed by atoms with Crippen LogP contribution < -0.4 is 4.74 Å². The maximum Gasteiger partial charge on any atom is 0.309 e. The number of hydrogen-bond acceptors (Lipinski definition) is 4. The Bertz CT molecular complexity index is 675. The number of carbonyl (C=O) groups is 2. The van der Waals surface area contributed by atoms with Gasteiger partial charge in [-0.2, -0.15) is 5.10 Å². The third-order valence-electron chi connectivity index (χ3n) is 3.43. The van der Waals surface area contributed by atoms with Crippen molar-refractivity contribution in [2.75, 3.05) is 0 Å². The molecule has 0 aliphatic carbocycles. The van der Waals surface area contributed by atoms with Crippen molar-refractivity contribution in [1.82, 2.24) is 9.78 Å². The van der Waals surface area contributed by atoms with E-state index in [-0.39, 0.29) is 5.78 Å². The third kappa shape index (κ3) is 3.61. The highest BCUT2D eigenvalue weighted by molar-refractivity contribution is 5.78. The van der Waals surface area contributed by atoms with Crippen LogP contribution in [0.5, 0.6) is 5.88 Å². The summed E-state index contributed by atoms with van der Waals surface area (Å²) in [5, 5.41) is 4.47. The molecule has 0 spiro atoms. The molecule has 2 aromatic rings. The molecule has 0 radical (unpaired) electrons. The van der Waals surface area contributed by atoms with Crippen LogP contribution in [-0.2, 0) is 16.0 Å². The molecule has 1 aromatic heterocycles. The summed E-state index contributed by atoms with van der Waals surface area (Å²) in [6.45, 7) is 5.06. The first-order valence-corrected chi connectivity index (χ1v) is 7.37. The number of para-hydroxylation sites is 1. The van der Waals surface area contributed by atoms with E-state index in [1.54, 1.807) is 4.68 Å². The fourth-order valence-corrected chi connectivity index (χ4v) is 2.25. The summed E-state index contributed by atoms with van der Waals surface area (Å²) in [6, 6.07) is 9.47. The molecule has 5 nitrogen and oxygen atoms in total. The van der Waals surface area contributed by atoms with Crippen LogP contribution in [0.25, 0.3) is 5.69 Å². The minimum atomic E-state index is -0.403. The highest BCUT2D eigenvalue weighted by Crippen LogP contribution is 2.27. The van der Waals surface area contributed by atoms with Gasteiger partial charge in [0.15, 0.2) is 0 Å². The van der Waals surface area contributed by atoms with E-state index in [4.69, 9.17) is 4.74 Å². The number of carbonyl (C=O) groups excluding carboxylic acids is 2. The smallest absolute Gasteiger partial charge is 0.309 e. The quantitative estimate of drug-likeness (QED) is 0.769. The van der Waals surface area contributed by atoms with E-state index < -0.39 is 5.97 Å². The van der Waals surface area contributed by atoms with Crippen molar-refractivity contribution in [3.63, 3.8) is 0 Å². The zero-order valence-electron chi connectivity index (χ0n) is 13.1. The van der Waals surface area contributed by atoms with Crippen molar-refractivity contribution in [1.29, 1.82) is 0 Å². The van der Waals surface area contributed by atoms with Gasteiger partial charge in [0.05, 0.1) is 11.4 Å². The highest BCUT2D eigenvalue weighted by atomic mass is 16.5. The standard InChI is InChI=1S/C17H20N2O3/c1-4-15(21)10-11-16-12(2)18-19(17(16)22-13(3)20)14-8-6-5-7-9-14/h5-9H,4,10-11H2,1-3H3. The van der Waals surface area contributed by atoms with Crippen molar-refractivity contribution in [2.24, 2.45) is 0 Å². The summed E-state index contributed by atoms with van der Waals surface area (Å²) in [7, 11) is 0. The molecule has 2 rings (SSSR count). The fraction of sp³-hybridized carbons (Fsp3) is 0.353. The Morgan fingerprint density at radius 3 is 2.50 bits per heavy atom. The number of Topliss-reactive ketones (excluding diaryl/α,β-unsaturated/α-hetero) is 1. The number of nitrogens with zero attached hydrogens (tertiary/aromatic N) is 2. The van der Waals surface area contributed by atoms with Crippen LogP contribution in [0.1, 0.15) is 37.9 Å². The second-order valence-corrected chi connectivity index (χ2v) is 5.10. The predicted molar refractivity (Wildman–Crippen MR) is 83.2 cm³/mol. The molecule has 0 saturated carbocycles. The monoisotopic (exact) mass is 300 g/mol. The summed E-state index contributed by atoms with van der Waals surface area (Å²) < 4.78 is 6.98. The minimum absolute atomic E-state index is 0.181. The number of aromatic nitrogens is 2. The number of hydrogen-bond donors (Lipinski definition) is 0. The third-order valence-corrected chi connectivity index (χ3v) is 3.43. The van der Waals surface area contributed by atoms with Crippen LogP contribution in [0.2, 0.25) is 0 Å².